The number of amides is 1. The molecule has 6 nitrogen and oxygen atoms in total. The molecule has 0 aliphatic carbocycles. The zero-order valence-electron chi connectivity index (χ0n) is 12.1. The fourth-order valence-electron chi connectivity index (χ4n) is 2.11. The summed E-state index contributed by atoms with van der Waals surface area (Å²) in [7, 11) is 0. The van der Waals surface area contributed by atoms with Crippen LogP contribution in [0.25, 0.3) is 0 Å². The van der Waals surface area contributed by atoms with E-state index >= 15 is 0 Å². The molecule has 0 saturated carbocycles. The van der Waals surface area contributed by atoms with Gasteiger partial charge in [0, 0.05) is 24.1 Å². The largest absolute Gasteiger partial charge is 0.391 e. The minimum Gasteiger partial charge on any atom is -0.391 e. The standard InChI is InChI=1S/C16H15ClN2O4/c17-12-6-7-15(19(22)23)14(9-12)16(21)18-10-13(20)8-11-4-2-1-3-5-11/h1-7,9,13,20H,8,10H2,(H,18,21)/t13-/m1/s1. The Morgan fingerprint density at radius 1 is 1.26 bits per heavy atom. The lowest BCUT2D eigenvalue weighted by Crippen LogP contribution is -2.33. The van der Waals surface area contributed by atoms with Gasteiger partial charge in [-0.2, -0.15) is 0 Å². The molecule has 0 heterocycles. The minimum absolute atomic E-state index is 0.0165. The molecule has 0 aliphatic heterocycles. The van der Waals surface area contributed by atoms with Crippen molar-refractivity contribution in [3.05, 3.63) is 74.8 Å². The van der Waals surface area contributed by atoms with Crippen molar-refractivity contribution in [3.8, 4) is 0 Å². The summed E-state index contributed by atoms with van der Waals surface area (Å²) in [5.41, 5.74) is 0.474. The second-order valence-corrected chi connectivity index (χ2v) is 5.41. The Kier molecular flexibility index (Phi) is 5.67. The lowest BCUT2D eigenvalue weighted by molar-refractivity contribution is -0.385. The van der Waals surface area contributed by atoms with Crippen LogP contribution in [0.4, 0.5) is 5.69 Å². The summed E-state index contributed by atoms with van der Waals surface area (Å²) in [5, 5.41) is 23.6. The molecule has 2 rings (SSSR count). The van der Waals surface area contributed by atoms with E-state index in [2.05, 4.69) is 5.32 Å². The van der Waals surface area contributed by atoms with Crippen LogP contribution in [0.1, 0.15) is 15.9 Å². The lowest BCUT2D eigenvalue weighted by Gasteiger charge is -2.12. The first-order chi connectivity index (χ1) is 11.0. The van der Waals surface area contributed by atoms with E-state index in [0.717, 1.165) is 5.56 Å². The summed E-state index contributed by atoms with van der Waals surface area (Å²) in [4.78, 5) is 22.4. The number of carbonyl (C=O) groups is 1. The first kappa shape index (κ1) is 16.9. The van der Waals surface area contributed by atoms with Crippen molar-refractivity contribution in [2.45, 2.75) is 12.5 Å². The van der Waals surface area contributed by atoms with Gasteiger partial charge in [0.05, 0.1) is 11.0 Å². The minimum atomic E-state index is -0.792. The van der Waals surface area contributed by atoms with Gasteiger partial charge in [0.15, 0.2) is 0 Å². The SMILES string of the molecule is O=C(NC[C@H](O)Cc1ccccc1)c1cc(Cl)ccc1[N+](=O)[O-]. The Labute approximate surface area is 137 Å². The Bertz CT molecular complexity index is 706. The summed E-state index contributed by atoms with van der Waals surface area (Å²) >= 11 is 5.78. The number of nitrogens with one attached hydrogen (secondary N) is 1. The molecule has 0 saturated heterocycles. The van der Waals surface area contributed by atoms with Gasteiger partial charge >= 0.3 is 0 Å². The van der Waals surface area contributed by atoms with Crippen LogP contribution >= 0.6 is 11.6 Å². The smallest absolute Gasteiger partial charge is 0.282 e. The van der Waals surface area contributed by atoms with E-state index < -0.39 is 16.9 Å². The van der Waals surface area contributed by atoms with Crippen LogP contribution in [-0.4, -0.2) is 28.6 Å². The van der Waals surface area contributed by atoms with E-state index in [1.807, 2.05) is 30.3 Å². The van der Waals surface area contributed by atoms with Gasteiger partial charge in [-0.1, -0.05) is 41.9 Å². The van der Waals surface area contributed by atoms with E-state index in [1.165, 1.54) is 18.2 Å². The predicted octanol–water partition coefficient (Wildman–Crippen LogP) is 2.58. The number of carbonyl (C=O) groups excluding carboxylic acids is 1. The number of halogens is 1. The summed E-state index contributed by atoms with van der Waals surface area (Å²) in [5.74, 6) is -0.647. The van der Waals surface area contributed by atoms with E-state index in [1.54, 1.807) is 0 Å². The quantitative estimate of drug-likeness (QED) is 0.627. The Morgan fingerprint density at radius 3 is 2.61 bits per heavy atom. The molecule has 2 N–H and O–H groups in total. The maximum absolute atomic E-state index is 12.1. The highest BCUT2D eigenvalue weighted by Gasteiger charge is 2.21. The van der Waals surface area contributed by atoms with Crippen LogP contribution in [0.15, 0.2) is 48.5 Å². The first-order valence-corrected chi connectivity index (χ1v) is 7.29. The van der Waals surface area contributed by atoms with Crippen LogP contribution in [-0.2, 0) is 6.42 Å². The van der Waals surface area contributed by atoms with Crippen molar-refractivity contribution >= 4 is 23.2 Å². The molecule has 0 aromatic heterocycles. The first-order valence-electron chi connectivity index (χ1n) is 6.91. The van der Waals surface area contributed by atoms with Gasteiger partial charge in [0.2, 0.25) is 0 Å². The Balaban J connectivity index is 1.99. The third-order valence-electron chi connectivity index (χ3n) is 3.21. The van der Waals surface area contributed by atoms with Gasteiger partial charge in [-0.05, 0) is 17.7 Å². The fourth-order valence-corrected chi connectivity index (χ4v) is 2.29. The maximum Gasteiger partial charge on any atom is 0.282 e. The molecule has 2 aromatic rings. The average Bonchev–Trinajstić information content (AvgIpc) is 2.53. The molecule has 0 bridgehead atoms. The van der Waals surface area contributed by atoms with Crippen molar-refractivity contribution in [1.82, 2.24) is 5.32 Å². The molecule has 0 aliphatic rings. The Morgan fingerprint density at radius 2 is 1.96 bits per heavy atom. The third kappa shape index (κ3) is 4.77. The molecular formula is C16H15ClN2O4. The molecule has 7 heteroatoms. The molecule has 2 aromatic carbocycles. The highest BCUT2D eigenvalue weighted by atomic mass is 35.5. The Hall–Kier alpha value is -2.44. The normalized spacial score (nSPS) is 11.7. The molecule has 0 fully saturated rings. The summed E-state index contributed by atoms with van der Waals surface area (Å²) in [6, 6.07) is 13.1. The van der Waals surface area contributed by atoms with Gasteiger partial charge < -0.3 is 10.4 Å². The third-order valence-corrected chi connectivity index (χ3v) is 3.45. The van der Waals surface area contributed by atoms with Gasteiger partial charge in [-0.3, -0.25) is 14.9 Å². The molecule has 0 unspecified atom stereocenters. The number of hydrogen-bond donors (Lipinski definition) is 2. The zero-order chi connectivity index (χ0) is 16.8. The van der Waals surface area contributed by atoms with E-state index in [-0.39, 0.29) is 22.8 Å². The van der Waals surface area contributed by atoms with E-state index in [4.69, 9.17) is 11.6 Å². The van der Waals surface area contributed by atoms with Crippen molar-refractivity contribution in [2.75, 3.05) is 6.54 Å². The summed E-state index contributed by atoms with van der Waals surface area (Å²) in [6.45, 7) is -0.0165. The van der Waals surface area contributed by atoms with Crippen LogP contribution in [0, 0.1) is 10.1 Å². The zero-order valence-corrected chi connectivity index (χ0v) is 12.9. The van der Waals surface area contributed by atoms with E-state index in [0.29, 0.717) is 6.42 Å². The van der Waals surface area contributed by atoms with Gasteiger partial charge in [-0.25, -0.2) is 0 Å². The number of hydrogen-bond acceptors (Lipinski definition) is 4. The van der Waals surface area contributed by atoms with Crippen molar-refractivity contribution in [1.29, 1.82) is 0 Å². The lowest BCUT2D eigenvalue weighted by atomic mass is 10.1. The summed E-state index contributed by atoms with van der Waals surface area (Å²) < 4.78 is 0. The van der Waals surface area contributed by atoms with Crippen molar-refractivity contribution < 1.29 is 14.8 Å². The maximum atomic E-state index is 12.1. The molecule has 23 heavy (non-hydrogen) atoms. The second-order valence-electron chi connectivity index (χ2n) is 4.97. The van der Waals surface area contributed by atoms with Crippen LogP contribution in [0.2, 0.25) is 5.02 Å². The predicted molar refractivity (Wildman–Crippen MR) is 86.6 cm³/mol. The molecule has 0 radical (unpaired) electrons. The monoisotopic (exact) mass is 334 g/mol. The van der Waals surface area contributed by atoms with Crippen LogP contribution in [0.5, 0.6) is 0 Å². The number of nitro benzene ring substituents is 1. The molecular weight excluding hydrogens is 320 g/mol. The number of nitro groups is 1. The number of benzene rings is 2. The van der Waals surface area contributed by atoms with Crippen LogP contribution in [0.3, 0.4) is 0 Å². The van der Waals surface area contributed by atoms with E-state index in [9.17, 15) is 20.0 Å². The van der Waals surface area contributed by atoms with Gasteiger partial charge in [0.1, 0.15) is 5.56 Å². The van der Waals surface area contributed by atoms with Crippen molar-refractivity contribution in [3.63, 3.8) is 0 Å². The number of aliphatic hydroxyl groups is 1. The highest BCUT2D eigenvalue weighted by molar-refractivity contribution is 6.31. The highest BCUT2D eigenvalue weighted by Crippen LogP contribution is 2.22. The molecule has 120 valence electrons. The number of rotatable bonds is 6. The topological polar surface area (TPSA) is 92.5 Å². The van der Waals surface area contributed by atoms with Crippen molar-refractivity contribution in [2.24, 2.45) is 0 Å². The molecule has 0 spiro atoms. The summed E-state index contributed by atoms with van der Waals surface area (Å²) in [6.07, 6.45) is -0.418. The molecule has 1 amide bonds. The number of aliphatic hydroxyl groups excluding tert-OH is 1. The van der Waals surface area contributed by atoms with Gasteiger partial charge in [-0.15, -0.1) is 0 Å². The van der Waals surface area contributed by atoms with Crippen LogP contribution < -0.4 is 5.32 Å². The van der Waals surface area contributed by atoms with Gasteiger partial charge in [0.25, 0.3) is 11.6 Å². The fraction of sp³-hybridized carbons (Fsp3) is 0.188. The average molecular weight is 335 g/mol. The second kappa shape index (κ2) is 7.71. The molecule has 1 atom stereocenters. The number of nitrogens with zero attached hydrogens (tertiary/aromatic N) is 1.